The number of carbonyl (C=O) groups excluding carboxylic acids is 1. The summed E-state index contributed by atoms with van der Waals surface area (Å²) in [4.78, 5) is 11.9. The van der Waals surface area contributed by atoms with Crippen LogP contribution in [0.1, 0.15) is 25.8 Å². The smallest absolute Gasteiger partial charge is 0.246 e. The third kappa shape index (κ3) is 4.45. The maximum Gasteiger partial charge on any atom is 0.246 e. The molecule has 1 amide bonds. The number of amides is 1. The zero-order valence-electron chi connectivity index (χ0n) is 13.7. The molecule has 1 aromatic rings. The quantitative estimate of drug-likeness (QED) is 0.824. The second kappa shape index (κ2) is 7.60. The second-order valence-electron chi connectivity index (χ2n) is 5.29. The fraction of sp³-hybridized carbons (Fsp3) is 0.533. The van der Waals surface area contributed by atoms with Crippen LogP contribution in [0.4, 0.5) is 0 Å². The van der Waals surface area contributed by atoms with Crippen LogP contribution in [0, 0.1) is 6.92 Å². The summed E-state index contributed by atoms with van der Waals surface area (Å²) in [7, 11) is -0.996. The summed E-state index contributed by atoms with van der Waals surface area (Å²) in [6.07, 6.45) is 0.786. The van der Waals surface area contributed by atoms with E-state index in [2.05, 4.69) is 5.32 Å². The fourth-order valence-corrected chi connectivity index (χ4v) is 3.23. The number of hydrogen-bond acceptors (Lipinski definition) is 4. The largest absolute Gasteiger partial charge is 0.495 e. The summed E-state index contributed by atoms with van der Waals surface area (Å²) < 4.78 is 31.4. The lowest BCUT2D eigenvalue weighted by Gasteiger charge is -2.20. The lowest BCUT2D eigenvalue weighted by atomic mass is 10.2. The molecule has 0 aromatic heterocycles. The van der Waals surface area contributed by atoms with E-state index in [0.717, 1.165) is 16.3 Å². The van der Waals surface area contributed by atoms with E-state index in [1.807, 2.05) is 13.8 Å². The van der Waals surface area contributed by atoms with Gasteiger partial charge in [-0.1, -0.05) is 13.0 Å². The van der Waals surface area contributed by atoms with Gasteiger partial charge < -0.3 is 10.1 Å². The van der Waals surface area contributed by atoms with Crippen molar-refractivity contribution in [2.75, 3.05) is 20.7 Å². The van der Waals surface area contributed by atoms with Crippen molar-refractivity contribution in [3.05, 3.63) is 23.8 Å². The molecule has 124 valence electrons. The van der Waals surface area contributed by atoms with Gasteiger partial charge in [0.25, 0.3) is 0 Å². The molecule has 0 aliphatic heterocycles. The highest BCUT2D eigenvalue weighted by Gasteiger charge is 2.26. The molecule has 0 saturated heterocycles. The lowest BCUT2D eigenvalue weighted by molar-refractivity contribution is -0.121. The third-order valence-corrected chi connectivity index (χ3v) is 5.22. The molecule has 7 heteroatoms. The molecular weight excluding hydrogens is 304 g/mol. The van der Waals surface area contributed by atoms with Crippen molar-refractivity contribution < 1.29 is 17.9 Å². The van der Waals surface area contributed by atoms with Crippen molar-refractivity contribution in [3.63, 3.8) is 0 Å². The summed E-state index contributed by atoms with van der Waals surface area (Å²) in [5, 5.41) is 2.75. The number of ether oxygens (including phenoxy) is 1. The number of likely N-dealkylation sites (N-methyl/N-ethyl adjacent to an activating group) is 1. The Balaban J connectivity index is 2.99. The third-order valence-electron chi connectivity index (χ3n) is 3.39. The molecule has 1 aromatic carbocycles. The first-order chi connectivity index (χ1) is 10.2. The first-order valence-corrected chi connectivity index (χ1v) is 8.56. The molecule has 6 nitrogen and oxygen atoms in total. The fourth-order valence-electron chi connectivity index (χ4n) is 1.86. The first kappa shape index (κ1) is 18.4. The molecule has 0 saturated carbocycles. The standard InChI is InChI=1S/C15H24N2O4S/c1-6-12(3)16-15(18)10-17(4)22(19,20)14-9-11(2)7-8-13(14)21-5/h7-9,12H,6,10H2,1-5H3,(H,16,18). The number of sulfonamides is 1. The van der Waals surface area contributed by atoms with E-state index in [0.29, 0.717) is 0 Å². The minimum absolute atomic E-state index is 0.0112. The van der Waals surface area contributed by atoms with Gasteiger partial charge in [-0.25, -0.2) is 8.42 Å². The van der Waals surface area contributed by atoms with E-state index in [1.54, 1.807) is 19.1 Å². The molecule has 0 heterocycles. The van der Waals surface area contributed by atoms with Crippen molar-refractivity contribution in [2.24, 2.45) is 0 Å². The molecule has 22 heavy (non-hydrogen) atoms. The highest BCUT2D eigenvalue weighted by molar-refractivity contribution is 7.89. The number of aryl methyl sites for hydroxylation is 1. The van der Waals surface area contributed by atoms with E-state index in [-0.39, 0.29) is 29.1 Å². The van der Waals surface area contributed by atoms with Crippen LogP contribution in [0.2, 0.25) is 0 Å². The SMILES string of the molecule is CCC(C)NC(=O)CN(C)S(=O)(=O)c1cc(C)ccc1OC. The number of nitrogens with zero attached hydrogens (tertiary/aromatic N) is 1. The second-order valence-corrected chi connectivity index (χ2v) is 7.31. The van der Waals surface area contributed by atoms with Crippen LogP contribution in [0.15, 0.2) is 23.1 Å². The zero-order valence-corrected chi connectivity index (χ0v) is 14.5. The van der Waals surface area contributed by atoms with E-state index in [4.69, 9.17) is 4.74 Å². The van der Waals surface area contributed by atoms with Gasteiger partial charge in [0, 0.05) is 13.1 Å². The lowest BCUT2D eigenvalue weighted by Crippen LogP contribution is -2.41. The number of nitrogens with one attached hydrogen (secondary N) is 1. The van der Waals surface area contributed by atoms with Crippen LogP contribution in [-0.2, 0) is 14.8 Å². The summed E-state index contributed by atoms with van der Waals surface area (Å²) >= 11 is 0. The van der Waals surface area contributed by atoms with Gasteiger partial charge in [-0.2, -0.15) is 4.31 Å². The zero-order chi connectivity index (χ0) is 16.9. The molecular formula is C15H24N2O4S. The maximum absolute atomic E-state index is 12.6. The molecule has 0 bridgehead atoms. The van der Waals surface area contributed by atoms with Crippen LogP contribution in [0.3, 0.4) is 0 Å². The van der Waals surface area contributed by atoms with Gasteiger partial charge in [-0.05, 0) is 38.0 Å². The number of rotatable bonds is 7. The van der Waals surface area contributed by atoms with Gasteiger partial charge in [-0.3, -0.25) is 4.79 Å². The maximum atomic E-state index is 12.6. The number of carbonyl (C=O) groups is 1. The summed E-state index contributed by atoms with van der Waals surface area (Å²) in [5.74, 6) is -0.0631. The number of hydrogen-bond donors (Lipinski definition) is 1. The molecule has 1 N–H and O–H groups in total. The molecule has 1 rings (SSSR count). The van der Waals surface area contributed by atoms with Crippen molar-refractivity contribution in [3.8, 4) is 5.75 Å². The van der Waals surface area contributed by atoms with Crippen molar-refractivity contribution in [2.45, 2.75) is 38.1 Å². The Morgan fingerprint density at radius 2 is 2.05 bits per heavy atom. The van der Waals surface area contributed by atoms with Crippen LogP contribution in [0.25, 0.3) is 0 Å². The van der Waals surface area contributed by atoms with Gasteiger partial charge >= 0.3 is 0 Å². The number of benzene rings is 1. The van der Waals surface area contributed by atoms with Crippen molar-refractivity contribution in [1.82, 2.24) is 9.62 Å². The Bertz CT molecular complexity index is 628. The molecule has 1 unspecified atom stereocenters. The Hall–Kier alpha value is -1.60. The average molecular weight is 328 g/mol. The summed E-state index contributed by atoms with van der Waals surface area (Å²) in [6.45, 7) is 5.39. The van der Waals surface area contributed by atoms with Crippen LogP contribution in [-0.4, -0.2) is 45.4 Å². The van der Waals surface area contributed by atoms with Gasteiger partial charge in [0.2, 0.25) is 15.9 Å². The predicted molar refractivity (Wildman–Crippen MR) is 85.4 cm³/mol. The van der Waals surface area contributed by atoms with Crippen LogP contribution < -0.4 is 10.1 Å². The highest BCUT2D eigenvalue weighted by Crippen LogP contribution is 2.26. The van der Waals surface area contributed by atoms with Crippen LogP contribution in [0.5, 0.6) is 5.75 Å². The Morgan fingerprint density at radius 3 is 2.59 bits per heavy atom. The molecule has 0 fully saturated rings. The number of methoxy groups -OCH3 is 1. The molecule has 0 spiro atoms. The summed E-state index contributed by atoms with van der Waals surface area (Å²) in [5.41, 5.74) is 0.803. The topological polar surface area (TPSA) is 75.7 Å². The molecule has 0 radical (unpaired) electrons. The van der Waals surface area contributed by atoms with Gasteiger partial charge in [0.15, 0.2) is 0 Å². The van der Waals surface area contributed by atoms with E-state index in [9.17, 15) is 13.2 Å². The Morgan fingerprint density at radius 1 is 1.41 bits per heavy atom. The Kier molecular flexibility index (Phi) is 6.37. The highest BCUT2D eigenvalue weighted by atomic mass is 32.2. The van der Waals surface area contributed by atoms with Crippen molar-refractivity contribution in [1.29, 1.82) is 0 Å². The first-order valence-electron chi connectivity index (χ1n) is 7.12. The molecule has 1 atom stereocenters. The summed E-state index contributed by atoms with van der Waals surface area (Å²) in [6, 6.07) is 4.93. The Labute approximate surface area is 132 Å². The molecule has 0 aliphatic rings. The minimum atomic E-state index is -3.79. The molecule has 0 aliphatic carbocycles. The van der Waals surface area contributed by atoms with E-state index < -0.39 is 10.0 Å². The van der Waals surface area contributed by atoms with Gasteiger partial charge in [0.05, 0.1) is 13.7 Å². The van der Waals surface area contributed by atoms with Crippen molar-refractivity contribution >= 4 is 15.9 Å². The average Bonchev–Trinajstić information content (AvgIpc) is 2.46. The van der Waals surface area contributed by atoms with E-state index >= 15 is 0 Å². The van der Waals surface area contributed by atoms with E-state index in [1.165, 1.54) is 20.2 Å². The minimum Gasteiger partial charge on any atom is -0.495 e. The van der Waals surface area contributed by atoms with Gasteiger partial charge in [0.1, 0.15) is 10.6 Å². The van der Waals surface area contributed by atoms with Gasteiger partial charge in [-0.15, -0.1) is 0 Å². The van der Waals surface area contributed by atoms with Crippen LogP contribution >= 0.6 is 0 Å². The monoisotopic (exact) mass is 328 g/mol. The normalized spacial score (nSPS) is 13.0. The predicted octanol–water partition coefficient (Wildman–Crippen LogP) is 1.54.